The molecular formula is C16H16N6O2. The molecule has 5 heterocycles. The van der Waals surface area contributed by atoms with E-state index in [1.54, 1.807) is 24.1 Å². The maximum absolute atomic E-state index is 13.4. The van der Waals surface area contributed by atoms with Crippen molar-refractivity contribution in [2.45, 2.75) is 18.9 Å². The van der Waals surface area contributed by atoms with Gasteiger partial charge < -0.3 is 4.74 Å². The van der Waals surface area contributed by atoms with Gasteiger partial charge in [0.05, 0.1) is 22.7 Å². The summed E-state index contributed by atoms with van der Waals surface area (Å²) in [5.41, 5.74) is 2.90. The number of aromatic amines is 1. The number of nitrogens with one attached hydrogen (secondary N) is 1. The molecule has 5 rings (SSSR count). The van der Waals surface area contributed by atoms with E-state index in [0.29, 0.717) is 24.7 Å². The number of anilines is 1. The molecule has 8 heteroatoms. The van der Waals surface area contributed by atoms with Crippen LogP contribution in [0.1, 0.15) is 23.3 Å². The first kappa shape index (κ1) is 13.7. The number of H-pyrrole nitrogens is 1. The molecule has 0 aliphatic carbocycles. The summed E-state index contributed by atoms with van der Waals surface area (Å²) in [6, 6.07) is 1.94. The molecule has 0 atom stereocenters. The van der Waals surface area contributed by atoms with Crippen molar-refractivity contribution in [3.8, 4) is 11.3 Å². The standard InChI is InChI=1S/C16H16N6O2/c1-21-14-10(8-18-21)13-12-11(19-20-13)2-5-17-15(12)22(16(14)23)9-3-6-24-7-4-9/h2,5,8-9H,3-4,6-7H2,1H3,(H,19,20). The quantitative estimate of drug-likeness (QED) is 0.733. The van der Waals surface area contributed by atoms with E-state index in [-0.39, 0.29) is 11.9 Å². The zero-order chi connectivity index (χ0) is 16.3. The van der Waals surface area contributed by atoms with Gasteiger partial charge in [0.2, 0.25) is 0 Å². The maximum Gasteiger partial charge on any atom is 0.278 e. The second-order valence-corrected chi connectivity index (χ2v) is 6.18. The fourth-order valence-corrected chi connectivity index (χ4v) is 3.68. The fraction of sp³-hybridized carbons (Fsp3) is 0.375. The Morgan fingerprint density at radius 1 is 1.33 bits per heavy atom. The lowest BCUT2D eigenvalue weighted by Crippen LogP contribution is -2.44. The minimum Gasteiger partial charge on any atom is -0.381 e. The highest BCUT2D eigenvalue weighted by Crippen LogP contribution is 2.40. The van der Waals surface area contributed by atoms with Gasteiger partial charge in [-0.1, -0.05) is 0 Å². The molecular weight excluding hydrogens is 308 g/mol. The lowest BCUT2D eigenvalue weighted by molar-refractivity contribution is 0.0768. The van der Waals surface area contributed by atoms with Crippen molar-refractivity contribution in [3.05, 3.63) is 24.2 Å². The van der Waals surface area contributed by atoms with Gasteiger partial charge in [0.15, 0.2) is 0 Å². The number of hydrogen-bond donors (Lipinski definition) is 1. The van der Waals surface area contributed by atoms with Gasteiger partial charge >= 0.3 is 0 Å². The summed E-state index contributed by atoms with van der Waals surface area (Å²) in [5, 5.41) is 12.6. The summed E-state index contributed by atoms with van der Waals surface area (Å²) in [6.45, 7) is 1.31. The normalized spacial score (nSPS) is 18.0. The third-order valence-electron chi connectivity index (χ3n) is 4.86. The molecule has 8 nitrogen and oxygen atoms in total. The number of carbonyl (C=O) groups excluding carboxylic acids is 1. The molecule has 122 valence electrons. The Labute approximate surface area is 137 Å². The van der Waals surface area contributed by atoms with Crippen LogP contribution in [0.15, 0.2) is 18.5 Å². The van der Waals surface area contributed by atoms with E-state index < -0.39 is 0 Å². The Kier molecular flexibility index (Phi) is 2.78. The Hall–Kier alpha value is -2.74. The molecule has 0 unspecified atom stereocenters. The van der Waals surface area contributed by atoms with E-state index in [2.05, 4.69) is 20.3 Å². The molecule has 1 saturated heterocycles. The minimum absolute atomic E-state index is 0.0629. The van der Waals surface area contributed by atoms with Crippen LogP contribution in [0.2, 0.25) is 0 Å². The summed E-state index contributed by atoms with van der Waals surface area (Å²) < 4.78 is 7.09. The van der Waals surface area contributed by atoms with E-state index >= 15 is 0 Å². The first-order valence-electron chi connectivity index (χ1n) is 8.02. The lowest BCUT2D eigenvalue weighted by Gasteiger charge is -2.33. The molecule has 2 aliphatic heterocycles. The number of pyridine rings is 1. The van der Waals surface area contributed by atoms with Gasteiger partial charge in [0.25, 0.3) is 5.91 Å². The number of carbonyl (C=O) groups is 1. The van der Waals surface area contributed by atoms with Crippen LogP contribution in [-0.4, -0.2) is 50.1 Å². The van der Waals surface area contributed by atoms with Crippen LogP contribution < -0.4 is 4.90 Å². The smallest absolute Gasteiger partial charge is 0.278 e. The van der Waals surface area contributed by atoms with E-state index in [1.807, 2.05) is 11.0 Å². The molecule has 24 heavy (non-hydrogen) atoms. The second kappa shape index (κ2) is 4.88. The molecule has 3 aromatic heterocycles. The number of ether oxygens (including phenoxy) is 1. The first-order valence-corrected chi connectivity index (χ1v) is 8.02. The Morgan fingerprint density at radius 2 is 2.17 bits per heavy atom. The van der Waals surface area contributed by atoms with Gasteiger partial charge in [-0.3, -0.25) is 19.5 Å². The van der Waals surface area contributed by atoms with E-state index in [9.17, 15) is 4.79 Å². The molecule has 0 aromatic carbocycles. The average Bonchev–Trinajstić information content (AvgIpc) is 3.17. The van der Waals surface area contributed by atoms with E-state index in [1.165, 1.54) is 0 Å². The summed E-state index contributed by atoms with van der Waals surface area (Å²) in [6.07, 6.45) is 5.01. The molecule has 3 aromatic rings. The number of amides is 1. The minimum atomic E-state index is -0.0742. The topological polar surface area (TPSA) is 88.9 Å². The Bertz CT molecular complexity index is 953. The highest BCUT2D eigenvalue weighted by Gasteiger charge is 2.37. The van der Waals surface area contributed by atoms with Gasteiger partial charge in [0, 0.05) is 32.5 Å². The third kappa shape index (κ3) is 1.71. The van der Waals surface area contributed by atoms with Crippen LogP contribution in [-0.2, 0) is 11.8 Å². The summed E-state index contributed by atoms with van der Waals surface area (Å²) >= 11 is 0. The van der Waals surface area contributed by atoms with Crippen LogP contribution in [0.5, 0.6) is 0 Å². The van der Waals surface area contributed by atoms with Crippen LogP contribution in [0.25, 0.3) is 22.2 Å². The molecule has 0 spiro atoms. The predicted octanol–water partition coefficient (Wildman–Crippen LogP) is 1.50. The molecule has 0 bridgehead atoms. The van der Waals surface area contributed by atoms with Crippen molar-refractivity contribution < 1.29 is 9.53 Å². The van der Waals surface area contributed by atoms with Crippen LogP contribution >= 0.6 is 0 Å². The largest absolute Gasteiger partial charge is 0.381 e. The first-order chi connectivity index (χ1) is 11.8. The van der Waals surface area contributed by atoms with Gasteiger partial charge in [-0.25, -0.2) is 4.98 Å². The van der Waals surface area contributed by atoms with Gasteiger partial charge in [0.1, 0.15) is 17.2 Å². The zero-order valence-electron chi connectivity index (χ0n) is 13.2. The van der Waals surface area contributed by atoms with Gasteiger partial charge in [-0.2, -0.15) is 10.2 Å². The monoisotopic (exact) mass is 324 g/mol. The van der Waals surface area contributed by atoms with Crippen molar-refractivity contribution in [1.82, 2.24) is 25.0 Å². The predicted molar refractivity (Wildman–Crippen MR) is 86.7 cm³/mol. The molecule has 1 fully saturated rings. The third-order valence-corrected chi connectivity index (χ3v) is 4.86. The highest BCUT2D eigenvalue weighted by molar-refractivity contribution is 6.18. The number of aromatic nitrogens is 5. The molecule has 0 radical (unpaired) electrons. The molecule has 2 aliphatic rings. The average molecular weight is 324 g/mol. The van der Waals surface area contributed by atoms with Crippen molar-refractivity contribution in [2.75, 3.05) is 18.1 Å². The van der Waals surface area contributed by atoms with Crippen molar-refractivity contribution in [1.29, 1.82) is 0 Å². The Balaban J connectivity index is 1.82. The lowest BCUT2D eigenvalue weighted by atomic mass is 10.1. The van der Waals surface area contributed by atoms with Gasteiger partial charge in [-0.15, -0.1) is 0 Å². The summed E-state index contributed by atoms with van der Waals surface area (Å²) in [7, 11) is 1.78. The maximum atomic E-state index is 13.4. The highest BCUT2D eigenvalue weighted by atomic mass is 16.5. The van der Waals surface area contributed by atoms with Gasteiger partial charge in [-0.05, 0) is 18.9 Å². The fourth-order valence-electron chi connectivity index (χ4n) is 3.68. The van der Waals surface area contributed by atoms with E-state index in [4.69, 9.17) is 4.74 Å². The zero-order valence-corrected chi connectivity index (χ0v) is 13.2. The molecule has 1 N–H and O–H groups in total. The van der Waals surface area contributed by atoms with Crippen LogP contribution in [0.4, 0.5) is 5.82 Å². The number of hydrogen-bond acceptors (Lipinski definition) is 5. The number of nitrogens with zero attached hydrogens (tertiary/aromatic N) is 5. The molecule has 0 saturated carbocycles. The number of aryl methyl sites for hydroxylation is 1. The second-order valence-electron chi connectivity index (χ2n) is 6.18. The summed E-state index contributed by atoms with van der Waals surface area (Å²) in [5.74, 6) is 0.597. The summed E-state index contributed by atoms with van der Waals surface area (Å²) in [4.78, 5) is 19.7. The Morgan fingerprint density at radius 3 is 3.00 bits per heavy atom. The SMILES string of the molecule is Cn1ncc2c1C(=O)N(C1CCOCC1)c1nccc3[nH]nc-2c13. The van der Waals surface area contributed by atoms with Crippen LogP contribution in [0, 0.1) is 0 Å². The van der Waals surface area contributed by atoms with Crippen molar-refractivity contribution >= 4 is 22.6 Å². The number of rotatable bonds is 1. The van der Waals surface area contributed by atoms with Crippen LogP contribution in [0.3, 0.4) is 0 Å². The van der Waals surface area contributed by atoms with Crippen molar-refractivity contribution in [2.24, 2.45) is 7.05 Å². The number of fused-ring (bicyclic) bond motifs is 2. The molecule has 1 amide bonds. The van der Waals surface area contributed by atoms with E-state index in [0.717, 1.165) is 35.0 Å². The van der Waals surface area contributed by atoms with Crippen molar-refractivity contribution in [3.63, 3.8) is 0 Å².